The molecular formula is C23H24Cl2F3N5O. The number of carbonyl (C=O) groups is 1. The van der Waals surface area contributed by atoms with Gasteiger partial charge in [-0.3, -0.25) is 14.2 Å². The SMILES string of the molecule is Cc1nn(Cc2cccc(C(=O)NCCCn3nc(C(F)(F)F)c(Cl)c3C3CC3)c2)c(C)c1Cl. The molecule has 0 spiro atoms. The number of benzene rings is 1. The predicted octanol–water partition coefficient (Wildman–Crippen LogP) is 5.77. The molecule has 11 heteroatoms. The average molecular weight is 514 g/mol. The number of carbonyl (C=O) groups excluding carboxylic acids is 1. The third-order valence-electron chi connectivity index (χ3n) is 5.81. The van der Waals surface area contributed by atoms with Crippen molar-refractivity contribution in [2.45, 2.75) is 58.3 Å². The summed E-state index contributed by atoms with van der Waals surface area (Å²) in [5.74, 6) is -0.240. The van der Waals surface area contributed by atoms with E-state index in [0.29, 0.717) is 35.8 Å². The highest BCUT2D eigenvalue weighted by Gasteiger charge is 2.41. The summed E-state index contributed by atoms with van der Waals surface area (Å²) >= 11 is 12.2. The number of rotatable bonds is 8. The van der Waals surface area contributed by atoms with E-state index >= 15 is 0 Å². The molecule has 1 aliphatic carbocycles. The first-order valence-electron chi connectivity index (χ1n) is 11.0. The number of nitrogens with one attached hydrogen (secondary N) is 1. The predicted molar refractivity (Wildman–Crippen MR) is 123 cm³/mol. The van der Waals surface area contributed by atoms with Crippen LogP contribution in [0.2, 0.25) is 10.0 Å². The Morgan fingerprint density at radius 1 is 1.15 bits per heavy atom. The molecule has 0 unspecified atom stereocenters. The molecule has 1 N–H and O–H groups in total. The number of alkyl halides is 3. The van der Waals surface area contributed by atoms with Crippen molar-refractivity contribution in [3.63, 3.8) is 0 Å². The summed E-state index contributed by atoms with van der Waals surface area (Å²) in [6, 6.07) is 7.19. The third-order valence-corrected chi connectivity index (χ3v) is 6.73. The molecule has 4 rings (SSSR count). The first kappa shape index (κ1) is 24.6. The van der Waals surface area contributed by atoms with Gasteiger partial charge in [0.2, 0.25) is 0 Å². The molecule has 6 nitrogen and oxygen atoms in total. The van der Waals surface area contributed by atoms with E-state index in [2.05, 4.69) is 15.5 Å². The molecule has 34 heavy (non-hydrogen) atoms. The van der Waals surface area contributed by atoms with Gasteiger partial charge in [-0.1, -0.05) is 35.3 Å². The third kappa shape index (κ3) is 5.25. The maximum atomic E-state index is 13.2. The van der Waals surface area contributed by atoms with Crippen molar-refractivity contribution in [2.24, 2.45) is 0 Å². The molecule has 1 aromatic carbocycles. The van der Waals surface area contributed by atoms with Crippen molar-refractivity contribution in [3.8, 4) is 0 Å². The van der Waals surface area contributed by atoms with Crippen molar-refractivity contribution < 1.29 is 18.0 Å². The highest BCUT2D eigenvalue weighted by molar-refractivity contribution is 6.32. The van der Waals surface area contributed by atoms with Gasteiger partial charge in [-0.2, -0.15) is 23.4 Å². The smallest absolute Gasteiger partial charge is 0.352 e. The highest BCUT2D eigenvalue weighted by atomic mass is 35.5. The lowest BCUT2D eigenvalue weighted by atomic mass is 10.1. The van der Waals surface area contributed by atoms with Crippen LogP contribution < -0.4 is 5.32 Å². The Morgan fingerprint density at radius 3 is 2.50 bits per heavy atom. The van der Waals surface area contributed by atoms with E-state index in [1.807, 2.05) is 19.9 Å². The second-order valence-corrected chi connectivity index (χ2v) is 9.25. The van der Waals surface area contributed by atoms with Crippen molar-refractivity contribution in [1.29, 1.82) is 0 Å². The maximum Gasteiger partial charge on any atom is 0.436 e. The molecule has 0 radical (unpaired) electrons. The van der Waals surface area contributed by atoms with Gasteiger partial charge < -0.3 is 5.32 Å². The van der Waals surface area contributed by atoms with Gasteiger partial charge in [-0.15, -0.1) is 0 Å². The Kier molecular flexibility index (Phi) is 6.96. The molecule has 1 fully saturated rings. The molecule has 1 aliphatic rings. The van der Waals surface area contributed by atoms with Crippen LogP contribution in [-0.2, 0) is 19.3 Å². The Bertz CT molecular complexity index is 1210. The van der Waals surface area contributed by atoms with Crippen LogP contribution in [0.1, 0.15) is 63.9 Å². The van der Waals surface area contributed by atoms with E-state index in [4.69, 9.17) is 23.2 Å². The minimum atomic E-state index is -4.59. The van der Waals surface area contributed by atoms with E-state index in [0.717, 1.165) is 29.8 Å². The summed E-state index contributed by atoms with van der Waals surface area (Å²) in [4.78, 5) is 12.6. The molecule has 3 aromatic rings. The van der Waals surface area contributed by atoms with Crippen LogP contribution in [-0.4, -0.2) is 32.0 Å². The van der Waals surface area contributed by atoms with Crippen LogP contribution in [0.3, 0.4) is 0 Å². The summed E-state index contributed by atoms with van der Waals surface area (Å²) in [6.45, 7) is 4.73. The number of nitrogens with zero attached hydrogens (tertiary/aromatic N) is 4. The van der Waals surface area contributed by atoms with Crippen molar-refractivity contribution in [3.05, 3.63) is 68.2 Å². The molecule has 0 atom stereocenters. The van der Waals surface area contributed by atoms with Gasteiger partial charge in [0, 0.05) is 24.6 Å². The fourth-order valence-electron chi connectivity index (χ4n) is 3.90. The highest BCUT2D eigenvalue weighted by Crippen LogP contribution is 2.46. The van der Waals surface area contributed by atoms with Gasteiger partial charge >= 0.3 is 6.18 Å². The first-order chi connectivity index (χ1) is 16.1. The second-order valence-electron chi connectivity index (χ2n) is 8.50. The summed E-state index contributed by atoms with van der Waals surface area (Å²) in [5.41, 5.74) is 2.39. The van der Waals surface area contributed by atoms with Gasteiger partial charge in [0.05, 0.1) is 33.7 Å². The first-order valence-corrected chi connectivity index (χ1v) is 11.7. The maximum absolute atomic E-state index is 13.2. The molecular weight excluding hydrogens is 490 g/mol. The van der Waals surface area contributed by atoms with Crippen LogP contribution >= 0.6 is 23.2 Å². The normalized spacial score (nSPS) is 14.0. The topological polar surface area (TPSA) is 64.7 Å². The van der Waals surface area contributed by atoms with Crippen molar-refractivity contribution >= 4 is 29.1 Å². The summed E-state index contributed by atoms with van der Waals surface area (Å²) in [5, 5.41) is 11.3. The fraction of sp³-hybridized carbons (Fsp3) is 0.435. The zero-order valence-corrected chi connectivity index (χ0v) is 20.2. The molecule has 1 saturated carbocycles. The van der Waals surface area contributed by atoms with Crippen LogP contribution in [0.4, 0.5) is 13.2 Å². The monoisotopic (exact) mass is 513 g/mol. The van der Waals surface area contributed by atoms with Crippen LogP contribution in [0.25, 0.3) is 0 Å². The lowest BCUT2D eigenvalue weighted by molar-refractivity contribution is -0.141. The average Bonchev–Trinajstić information content (AvgIpc) is 3.52. The minimum absolute atomic E-state index is 0.0190. The number of aromatic nitrogens is 4. The van der Waals surface area contributed by atoms with E-state index in [1.165, 1.54) is 4.68 Å². The van der Waals surface area contributed by atoms with E-state index in [9.17, 15) is 18.0 Å². The van der Waals surface area contributed by atoms with E-state index < -0.39 is 11.9 Å². The molecule has 0 saturated heterocycles. The number of hydrogen-bond donors (Lipinski definition) is 1. The van der Waals surface area contributed by atoms with Crippen LogP contribution in [0.5, 0.6) is 0 Å². The van der Waals surface area contributed by atoms with Gasteiger partial charge in [0.1, 0.15) is 0 Å². The van der Waals surface area contributed by atoms with E-state index in [-0.39, 0.29) is 23.4 Å². The number of aryl methyl sites for hydroxylation is 2. The fourth-order valence-corrected chi connectivity index (χ4v) is 4.43. The lowest BCUT2D eigenvalue weighted by Crippen LogP contribution is -2.25. The van der Waals surface area contributed by atoms with Gasteiger partial charge in [0.15, 0.2) is 5.69 Å². The largest absolute Gasteiger partial charge is 0.436 e. The Morgan fingerprint density at radius 2 is 1.88 bits per heavy atom. The molecule has 0 aliphatic heterocycles. The number of hydrogen-bond acceptors (Lipinski definition) is 3. The van der Waals surface area contributed by atoms with E-state index in [1.54, 1.807) is 22.9 Å². The summed E-state index contributed by atoms with van der Waals surface area (Å²) in [7, 11) is 0. The minimum Gasteiger partial charge on any atom is -0.352 e. The van der Waals surface area contributed by atoms with Gasteiger partial charge in [0.25, 0.3) is 5.91 Å². The Labute approximate surface area is 205 Å². The van der Waals surface area contributed by atoms with Gasteiger partial charge in [-0.05, 0) is 50.8 Å². The molecule has 0 bridgehead atoms. The Hall–Kier alpha value is -2.52. The molecule has 1 amide bonds. The quantitative estimate of drug-likeness (QED) is 0.389. The number of amides is 1. The molecule has 182 valence electrons. The summed E-state index contributed by atoms with van der Waals surface area (Å²) < 4.78 is 42.7. The summed E-state index contributed by atoms with van der Waals surface area (Å²) in [6.07, 6.45) is -2.56. The standard InChI is InChI=1S/C23H24Cl2F3N5O/c1-13-18(24)14(2)33(30-13)12-15-5-3-6-17(11-15)22(34)29-9-4-10-32-20(16-7-8-16)19(25)21(31-32)23(26,27)28/h3,5-6,11,16H,4,7-10,12H2,1-2H3,(H,29,34). The van der Waals surface area contributed by atoms with Crippen LogP contribution in [0, 0.1) is 13.8 Å². The second kappa shape index (κ2) is 9.62. The molecule has 2 aromatic heterocycles. The van der Waals surface area contributed by atoms with Crippen molar-refractivity contribution in [2.75, 3.05) is 6.54 Å². The van der Waals surface area contributed by atoms with Crippen LogP contribution in [0.15, 0.2) is 24.3 Å². The van der Waals surface area contributed by atoms with Gasteiger partial charge in [-0.25, -0.2) is 0 Å². The number of halogens is 5. The van der Waals surface area contributed by atoms with Crippen molar-refractivity contribution in [1.82, 2.24) is 24.9 Å². The lowest BCUT2D eigenvalue weighted by Gasteiger charge is -2.10. The zero-order chi connectivity index (χ0) is 24.6. The molecule has 2 heterocycles. The zero-order valence-electron chi connectivity index (χ0n) is 18.7. The Balaban J connectivity index is 1.35.